The van der Waals surface area contributed by atoms with Crippen LogP contribution in [0.1, 0.15) is 6.92 Å². The zero-order valence-corrected chi connectivity index (χ0v) is 11.5. The Morgan fingerprint density at radius 3 is 2.24 bits per heavy atom. The van der Waals surface area contributed by atoms with Crippen LogP contribution >= 0.6 is 0 Å². The average Bonchev–Trinajstić information content (AvgIpc) is 2.49. The topological polar surface area (TPSA) is 44.8 Å². The maximum Gasteiger partial charge on any atom is 0.349 e. The minimum atomic E-state index is -0.672. The van der Waals surface area contributed by atoms with Gasteiger partial charge in [0.15, 0.2) is 18.2 Å². The van der Waals surface area contributed by atoms with Gasteiger partial charge in [0.25, 0.3) is 0 Å². The van der Waals surface area contributed by atoms with Crippen molar-refractivity contribution in [1.29, 1.82) is 0 Å². The largest absolute Gasteiger partial charge is 0.494 e. The van der Waals surface area contributed by atoms with Gasteiger partial charge < -0.3 is 14.2 Å². The van der Waals surface area contributed by atoms with Crippen LogP contribution in [0.5, 0.6) is 17.2 Å². The molecule has 110 valence electrons. The van der Waals surface area contributed by atoms with Crippen molar-refractivity contribution >= 4 is 5.97 Å². The Labute approximate surface area is 122 Å². The molecule has 0 amide bonds. The molecule has 0 aliphatic rings. The third-order valence-electron chi connectivity index (χ3n) is 2.55. The Morgan fingerprint density at radius 2 is 1.62 bits per heavy atom. The predicted octanol–water partition coefficient (Wildman–Crippen LogP) is 3.21. The van der Waals surface area contributed by atoms with Crippen LogP contribution in [0.4, 0.5) is 4.39 Å². The van der Waals surface area contributed by atoms with Gasteiger partial charge in [-0.1, -0.05) is 12.1 Å². The molecule has 2 rings (SSSR count). The standard InChI is InChI=1S/C16H15FO4/c1-2-19-12-7-9-13(10-8-12)20-11-16(18)21-15-6-4-3-5-14(15)17/h3-10H,2,11H2,1H3. The summed E-state index contributed by atoms with van der Waals surface area (Å²) in [6, 6.07) is 12.5. The lowest BCUT2D eigenvalue weighted by atomic mass is 10.3. The first-order valence-corrected chi connectivity index (χ1v) is 6.50. The number of rotatable bonds is 6. The summed E-state index contributed by atoms with van der Waals surface area (Å²) in [5.41, 5.74) is 0. The molecular formula is C16H15FO4. The summed E-state index contributed by atoms with van der Waals surface area (Å²) in [4.78, 5) is 11.6. The van der Waals surface area contributed by atoms with Crippen molar-refractivity contribution in [3.8, 4) is 17.2 Å². The van der Waals surface area contributed by atoms with Crippen molar-refractivity contribution < 1.29 is 23.4 Å². The van der Waals surface area contributed by atoms with Gasteiger partial charge in [0.05, 0.1) is 6.61 Å². The second-order valence-corrected chi connectivity index (χ2v) is 4.10. The first kappa shape index (κ1) is 14.8. The summed E-state index contributed by atoms with van der Waals surface area (Å²) in [5.74, 6) is -0.151. The number of esters is 1. The number of ether oxygens (including phenoxy) is 3. The molecule has 0 saturated carbocycles. The van der Waals surface area contributed by atoms with Gasteiger partial charge in [-0.2, -0.15) is 0 Å². The fourth-order valence-corrected chi connectivity index (χ4v) is 1.62. The van der Waals surface area contributed by atoms with Crippen molar-refractivity contribution in [2.45, 2.75) is 6.92 Å². The molecule has 2 aromatic carbocycles. The van der Waals surface area contributed by atoms with Gasteiger partial charge in [0.1, 0.15) is 11.5 Å². The molecule has 0 radical (unpaired) electrons. The quantitative estimate of drug-likeness (QED) is 0.605. The summed E-state index contributed by atoms with van der Waals surface area (Å²) in [6.07, 6.45) is 0. The van der Waals surface area contributed by atoms with Crippen molar-refractivity contribution in [2.75, 3.05) is 13.2 Å². The molecule has 5 heteroatoms. The van der Waals surface area contributed by atoms with E-state index >= 15 is 0 Å². The Morgan fingerprint density at radius 1 is 1.00 bits per heavy atom. The summed E-state index contributed by atoms with van der Waals surface area (Å²) >= 11 is 0. The molecule has 0 saturated heterocycles. The zero-order valence-electron chi connectivity index (χ0n) is 11.5. The highest BCUT2D eigenvalue weighted by atomic mass is 19.1. The number of benzene rings is 2. The summed E-state index contributed by atoms with van der Waals surface area (Å²) < 4.78 is 28.7. The van der Waals surface area contributed by atoms with E-state index in [-0.39, 0.29) is 12.4 Å². The second kappa shape index (κ2) is 7.28. The van der Waals surface area contributed by atoms with Crippen LogP contribution in [0.15, 0.2) is 48.5 Å². The fourth-order valence-electron chi connectivity index (χ4n) is 1.62. The maximum absolute atomic E-state index is 13.3. The van der Waals surface area contributed by atoms with Crippen molar-refractivity contribution in [3.05, 3.63) is 54.3 Å². The molecule has 0 spiro atoms. The smallest absolute Gasteiger partial charge is 0.349 e. The molecule has 0 N–H and O–H groups in total. The van der Waals surface area contributed by atoms with Crippen molar-refractivity contribution in [1.82, 2.24) is 0 Å². The van der Waals surface area contributed by atoms with E-state index in [1.807, 2.05) is 6.92 Å². The number of carbonyl (C=O) groups excluding carboxylic acids is 1. The molecule has 0 aliphatic heterocycles. The third-order valence-corrected chi connectivity index (χ3v) is 2.55. The monoisotopic (exact) mass is 290 g/mol. The molecule has 4 nitrogen and oxygen atoms in total. The molecule has 0 unspecified atom stereocenters. The van der Waals surface area contributed by atoms with Gasteiger partial charge in [-0.25, -0.2) is 9.18 Å². The number of hydrogen-bond donors (Lipinski definition) is 0. The van der Waals surface area contributed by atoms with Crippen molar-refractivity contribution in [2.24, 2.45) is 0 Å². The first-order chi connectivity index (χ1) is 10.2. The minimum Gasteiger partial charge on any atom is -0.494 e. The van der Waals surface area contributed by atoms with E-state index in [1.54, 1.807) is 30.3 Å². The summed E-state index contributed by atoms with van der Waals surface area (Å²) in [6.45, 7) is 2.17. The number of hydrogen-bond acceptors (Lipinski definition) is 4. The highest BCUT2D eigenvalue weighted by Gasteiger charge is 2.09. The summed E-state index contributed by atoms with van der Waals surface area (Å²) in [7, 11) is 0. The van der Waals surface area contributed by atoms with Crippen LogP contribution in [-0.4, -0.2) is 19.2 Å². The highest BCUT2D eigenvalue weighted by Crippen LogP contribution is 2.18. The van der Waals surface area contributed by atoms with Crippen LogP contribution in [0, 0.1) is 5.82 Å². The van der Waals surface area contributed by atoms with Gasteiger partial charge >= 0.3 is 5.97 Å². The average molecular weight is 290 g/mol. The van der Waals surface area contributed by atoms with Crippen molar-refractivity contribution in [3.63, 3.8) is 0 Å². The van der Waals surface area contributed by atoms with Crippen LogP contribution in [0.25, 0.3) is 0 Å². The fraction of sp³-hybridized carbons (Fsp3) is 0.188. The first-order valence-electron chi connectivity index (χ1n) is 6.50. The third kappa shape index (κ3) is 4.49. The molecular weight excluding hydrogens is 275 g/mol. The Hall–Kier alpha value is -2.56. The molecule has 0 fully saturated rings. The van der Waals surface area contributed by atoms with E-state index in [9.17, 15) is 9.18 Å². The molecule has 0 bridgehead atoms. The van der Waals surface area contributed by atoms with Gasteiger partial charge in [-0.15, -0.1) is 0 Å². The van der Waals surface area contributed by atoms with Crippen LogP contribution in [0.2, 0.25) is 0 Å². The number of para-hydroxylation sites is 1. The zero-order chi connectivity index (χ0) is 15.1. The Kier molecular flexibility index (Phi) is 5.15. The molecule has 0 atom stereocenters. The molecule has 21 heavy (non-hydrogen) atoms. The molecule has 0 aliphatic carbocycles. The van der Waals surface area contributed by atoms with E-state index < -0.39 is 11.8 Å². The van der Waals surface area contributed by atoms with E-state index in [0.29, 0.717) is 12.4 Å². The summed E-state index contributed by atoms with van der Waals surface area (Å²) in [5, 5.41) is 0. The second-order valence-electron chi connectivity index (χ2n) is 4.10. The maximum atomic E-state index is 13.3. The van der Waals surface area contributed by atoms with Gasteiger partial charge in [-0.3, -0.25) is 0 Å². The van der Waals surface area contributed by atoms with E-state index in [4.69, 9.17) is 14.2 Å². The highest BCUT2D eigenvalue weighted by molar-refractivity contribution is 5.74. The van der Waals surface area contributed by atoms with Gasteiger partial charge in [0, 0.05) is 0 Å². The van der Waals surface area contributed by atoms with E-state index in [0.717, 1.165) is 5.75 Å². The lowest BCUT2D eigenvalue weighted by Crippen LogP contribution is -2.18. The Bertz CT molecular complexity index is 595. The SMILES string of the molecule is CCOc1ccc(OCC(=O)Oc2ccccc2F)cc1. The van der Waals surface area contributed by atoms with Crippen LogP contribution in [0.3, 0.4) is 0 Å². The predicted molar refractivity (Wildman–Crippen MR) is 75.1 cm³/mol. The molecule has 0 aromatic heterocycles. The molecule has 2 aromatic rings. The van der Waals surface area contributed by atoms with Gasteiger partial charge in [-0.05, 0) is 43.3 Å². The minimum absolute atomic E-state index is 0.113. The van der Waals surface area contributed by atoms with Crippen LogP contribution < -0.4 is 14.2 Å². The normalized spacial score (nSPS) is 10.0. The molecule has 0 heterocycles. The Balaban J connectivity index is 1.85. The number of halogens is 1. The van der Waals surface area contributed by atoms with Gasteiger partial charge in [0.2, 0.25) is 0 Å². The van der Waals surface area contributed by atoms with Crippen LogP contribution in [-0.2, 0) is 4.79 Å². The van der Waals surface area contributed by atoms with E-state index in [2.05, 4.69) is 0 Å². The lowest BCUT2D eigenvalue weighted by Gasteiger charge is -2.08. The lowest BCUT2D eigenvalue weighted by molar-refractivity contribution is -0.136. The van der Waals surface area contributed by atoms with E-state index in [1.165, 1.54) is 18.2 Å². The number of carbonyl (C=O) groups is 1.